The number of benzene rings is 1. The molecular weight excluding hydrogens is 195 g/mol. The monoisotopic (exact) mass is 201 g/mol. The van der Waals surface area contributed by atoms with E-state index in [1.54, 1.807) is 0 Å². The first-order valence-electron chi connectivity index (χ1n) is 3.63. The average molecular weight is 201 g/mol. The van der Waals surface area contributed by atoms with E-state index >= 15 is 0 Å². The molecule has 1 aromatic carbocycles. The van der Waals surface area contributed by atoms with Crippen molar-refractivity contribution in [2.45, 2.75) is 6.18 Å². The second-order valence-corrected chi connectivity index (χ2v) is 2.57. The molecule has 0 bridgehead atoms. The highest BCUT2D eigenvalue weighted by molar-refractivity contribution is 5.93. The minimum absolute atomic E-state index is 0.0207. The van der Waals surface area contributed by atoms with Gasteiger partial charge in [-0.25, -0.2) is 0 Å². The third kappa shape index (κ3) is 2.76. The van der Waals surface area contributed by atoms with E-state index in [0.29, 0.717) is 0 Å². The van der Waals surface area contributed by atoms with Crippen LogP contribution >= 0.6 is 0 Å². The number of nitrogens with one attached hydrogen (secondary N) is 1. The van der Waals surface area contributed by atoms with Crippen LogP contribution < -0.4 is 5.32 Å². The first kappa shape index (κ1) is 10.6. The number of anilines is 1. The second-order valence-electron chi connectivity index (χ2n) is 2.57. The normalized spacial score (nSPS) is 11.1. The molecule has 0 aliphatic rings. The van der Waals surface area contributed by atoms with E-state index in [-0.39, 0.29) is 5.69 Å². The van der Waals surface area contributed by atoms with Gasteiger partial charge in [-0.3, -0.25) is 4.79 Å². The van der Waals surface area contributed by atoms with Gasteiger partial charge in [0.25, 0.3) is 0 Å². The summed E-state index contributed by atoms with van der Waals surface area (Å²) in [5.41, 5.74) is -0.809. The lowest BCUT2D eigenvalue weighted by atomic mass is 10.2. The van der Waals surface area contributed by atoms with Crippen LogP contribution in [0.5, 0.6) is 0 Å². The third-order valence-electron chi connectivity index (χ3n) is 1.46. The highest BCUT2D eigenvalue weighted by Crippen LogP contribution is 2.30. The SMILES string of the molecule is [CH]C(=O)Nc1cccc(C(F)(F)F)c1. The maximum Gasteiger partial charge on any atom is 0.416 e. The predicted octanol–water partition coefficient (Wildman–Crippen LogP) is 2.35. The molecule has 2 nitrogen and oxygen atoms in total. The van der Waals surface area contributed by atoms with Gasteiger partial charge in [0.2, 0.25) is 5.91 Å². The molecule has 74 valence electrons. The highest BCUT2D eigenvalue weighted by atomic mass is 19.4. The van der Waals surface area contributed by atoms with Crippen molar-refractivity contribution in [2.24, 2.45) is 0 Å². The summed E-state index contributed by atoms with van der Waals surface area (Å²) < 4.78 is 36.5. The molecule has 0 aromatic heterocycles. The van der Waals surface area contributed by atoms with Crippen molar-refractivity contribution in [1.82, 2.24) is 0 Å². The van der Waals surface area contributed by atoms with Gasteiger partial charge >= 0.3 is 6.18 Å². The van der Waals surface area contributed by atoms with Gasteiger partial charge in [-0.2, -0.15) is 13.2 Å². The molecule has 0 aliphatic carbocycles. The van der Waals surface area contributed by atoms with E-state index in [4.69, 9.17) is 6.92 Å². The molecule has 14 heavy (non-hydrogen) atoms. The van der Waals surface area contributed by atoms with E-state index in [2.05, 4.69) is 5.32 Å². The molecule has 0 saturated carbocycles. The summed E-state index contributed by atoms with van der Waals surface area (Å²) in [7, 11) is 0. The number of halogens is 3. The van der Waals surface area contributed by atoms with Crippen LogP contribution in [0.15, 0.2) is 24.3 Å². The quantitative estimate of drug-likeness (QED) is 0.742. The van der Waals surface area contributed by atoms with Crippen LogP contribution in [0, 0.1) is 6.92 Å². The molecule has 1 rings (SSSR count). The van der Waals surface area contributed by atoms with Crippen LogP contribution in [0.2, 0.25) is 0 Å². The predicted molar refractivity (Wildman–Crippen MR) is 44.4 cm³/mol. The summed E-state index contributed by atoms with van der Waals surface area (Å²) in [6, 6.07) is 4.23. The minimum atomic E-state index is -4.42. The maximum atomic E-state index is 12.2. The fraction of sp³-hybridized carbons (Fsp3) is 0.111. The molecule has 1 aromatic rings. The van der Waals surface area contributed by atoms with Crippen molar-refractivity contribution >= 4 is 11.6 Å². The molecule has 0 saturated heterocycles. The van der Waals surface area contributed by atoms with Crippen molar-refractivity contribution in [3.63, 3.8) is 0 Å². The van der Waals surface area contributed by atoms with Crippen molar-refractivity contribution < 1.29 is 18.0 Å². The van der Waals surface area contributed by atoms with E-state index in [0.717, 1.165) is 12.1 Å². The molecule has 0 heterocycles. The Morgan fingerprint density at radius 3 is 2.50 bits per heavy atom. The van der Waals surface area contributed by atoms with Crippen LogP contribution in [-0.2, 0) is 11.0 Å². The number of amides is 1. The number of carbonyl (C=O) groups is 1. The Balaban J connectivity index is 2.95. The topological polar surface area (TPSA) is 29.1 Å². The lowest BCUT2D eigenvalue weighted by Crippen LogP contribution is -2.09. The summed E-state index contributed by atoms with van der Waals surface area (Å²) in [5, 5.41) is 2.06. The largest absolute Gasteiger partial charge is 0.416 e. The Hall–Kier alpha value is -1.52. The van der Waals surface area contributed by atoms with Crippen molar-refractivity contribution in [2.75, 3.05) is 5.32 Å². The fourth-order valence-corrected chi connectivity index (χ4v) is 0.916. The molecule has 2 radical (unpaired) electrons. The maximum absolute atomic E-state index is 12.2. The van der Waals surface area contributed by atoms with E-state index < -0.39 is 17.6 Å². The second kappa shape index (κ2) is 3.69. The Labute approximate surface area is 78.7 Å². The van der Waals surface area contributed by atoms with E-state index in [1.807, 2.05) is 0 Å². The van der Waals surface area contributed by atoms with Crippen molar-refractivity contribution in [1.29, 1.82) is 0 Å². The number of carbonyl (C=O) groups excluding carboxylic acids is 1. The summed E-state index contributed by atoms with van der Waals surface area (Å²) >= 11 is 0. The van der Waals surface area contributed by atoms with Crippen molar-refractivity contribution in [3.05, 3.63) is 36.8 Å². The summed E-state index contributed by atoms with van der Waals surface area (Å²) in [6.45, 7) is 4.75. The highest BCUT2D eigenvalue weighted by Gasteiger charge is 2.30. The van der Waals surface area contributed by atoms with E-state index in [9.17, 15) is 18.0 Å². The summed E-state index contributed by atoms with van der Waals surface area (Å²) in [5.74, 6) is -0.899. The first-order chi connectivity index (χ1) is 6.39. The first-order valence-corrected chi connectivity index (χ1v) is 3.63. The van der Waals surface area contributed by atoms with Gasteiger partial charge in [0.15, 0.2) is 0 Å². The Morgan fingerprint density at radius 2 is 2.00 bits per heavy atom. The molecule has 5 heteroatoms. The van der Waals surface area contributed by atoms with Crippen LogP contribution in [-0.4, -0.2) is 5.91 Å². The van der Waals surface area contributed by atoms with Crippen molar-refractivity contribution in [3.8, 4) is 0 Å². The van der Waals surface area contributed by atoms with Gasteiger partial charge in [0.05, 0.1) is 12.5 Å². The van der Waals surface area contributed by atoms with Gasteiger partial charge in [-0.05, 0) is 18.2 Å². The van der Waals surface area contributed by atoms with Crippen LogP contribution in [0.1, 0.15) is 5.56 Å². The van der Waals surface area contributed by atoms with Gasteiger partial charge in [-0.15, -0.1) is 0 Å². The zero-order valence-corrected chi connectivity index (χ0v) is 6.93. The van der Waals surface area contributed by atoms with Gasteiger partial charge in [0, 0.05) is 5.69 Å². The fourth-order valence-electron chi connectivity index (χ4n) is 0.916. The molecule has 1 N–H and O–H groups in total. The van der Waals surface area contributed by atoms with Crippen LogP contribution in [0.4, 0.5) is 18.9 Å². The number of hydrogen-bond acceptors (Lipinski definition) is 1. The Morgan fingerprint density at radius 1 is 1.36 bits per heavy atom. The molecule has 0 atom stereocenters. The zero-order valence-electron chi connectivity index (χ0n) is 6.93. The van der Waals surface area contributed by atoms with Crippen LogP contribution in [0.25, 0.3) is 0 Å². The number of rotatable bonds is 1. The van der Waals surface area contributed by atoms with Gasteiger partial charge in [0.1, 0.15) is 0 Å². The summed E-state index contributed by atoms with van der Waals surface area (Å²) in [6.07, 6.45) is -4.42. The zero-order chi connectivity index (χ0) is 10.8. The van der Waals surface area contributed by atoms with E-state index in [1.165, 1.54) is 12.1 Å². The molecule has 1 amide bonds. The van der Waals surface area contributed by atoms with Gasteiger partial charge in [-0.1, -0.05) is 6.07 Å². The average Bonchev–Trinajstić information content (AvgIpc) is 2.01. The molecule has 0 spiro atoms. The lowest BCUT2D eigenvalue weighted by Gasteiger charge is -2.08. The standard InChI is InChI=1S/C9H6F3NO/c1-6(14)13-8-4-2-3-7(5-8)9(10,11)12/h1-5H,(H,13,14). The molecule has 0 aliphatic heterocycles. The number of hydrogen-bond donors (Lipinski definition) is 1. The van der Waals surface area contributed by atoms with Gasteiger partial charge < -0.3 is 5.32 Å². The Kier molecular flexibility index (Phi) is 2.78. The minimum Gasteiger partial charge on any atom is -0.326 e. The summed E-state index contributed by atoms with van der Waals surface area (Å²) in [4.78, 5) is 10.4. The molecular formula is C9H6F3NO. The lowest BCUT2D eigenvalue weighted by molar-refractivity contribution is -0.137. The number of alkyl halides is 3. The molecule has 0 fully saturated rings. The third-order valence-corrected chi connectivity index (χ3v) is 1.46. The molecule has 0 unspecified atom stereocenters. The Bertz CT molecular complexity index is 346. The smallest absolute Gasteiger partial charge is 0.326 e. The van der Waals surface area contributed by atoms with Crippen LogP contribution in [0.3, 0.4) is 0 Å².